The predicted octanol–water partition coefficient (Wildman–Crippen LogP) is 1.40. The minimum Gasteiger partial charge on any atom is -0.366 e. The first-order chi connectivity index (χ1) is 8.66. The van der Waals surface area contributed by atoms with Gasteiger partial charge in [-0.25, -0.2) is 0 Å². The van der Waals surface area contributed by atoms with Crippen molar-refractivity contribution in [1.29, 1.82) is 0 Å². The molecule has 0 aliphatic heterocycles. The Balaban J connectivity index is 1.89. The van der Waals surface area contributed by atoms with Gasteiger partial charge in [0.15, 0.2) is 0 Å². The molecule has 0 saturated heterocycles. The minimum absolute atomic E-state index is 0.000950. The first-order valence-corrected chi connectivity index (χ1v) is 6.18. The van der Waals surface area contributed by atoms with E-state index in [1.807, 2.05) is 6.07 Å². The molecule has 0 unspecified atom stereocenters. The molecule has 1 fully saturated rings. The van der Waals surface area contributed by atoms with Crippen LogP contribution < -0.4 is 11.1 Å². The van der Waals surface area contributed by atoms with Crippen LogP contribution in [0.2, 0.25) is 0 Å². The Hall–Kier alpha value is -1.84. The molecule has 1 aromatic carbocycles. The minimum atomic E-state index is -0.471. The van der Waals surface area contributed by atoms with E-state index in [4.69, 9.17) is 5.73 Å². The number of carbonyl (C=O) groups excluding carboxylic acids is 2. The maximum atomic E-state index is 11.6. The SMILES string of the molecule is NC(=O)c1ccccc1[CH]CC(=O)NC1CCC1. The van der Waals surface area contributed by atoms with Gasteiger partial charge >= 0.3 is 0 Å². The highest BCUT2D eigenvalue weighted by atomic mass is 16.2. The lowest BCUT2D eigenvalue weighted by atomic mass is 9.93. The van der Waals surface area contributed by atoms with Crippen LogP contribution in [0.5, 0.6) is 0 Å². The summed E-state index contributed by atoms with van der Waals surface area (Å²) in [5.41, 5.74) is 6.44. The molecule has 1 aliphatic rings. The van der Waals surface area contributed by atoms with Crippen molar-refractivity contribution in [3.63, 3.8) is 0 Å². The first kappa shape index (κ1) is 12.6. The van der Waals surface area contributed by atoms with Gasteiger partial charge in [0.05, 0.1) is 0 Å². The zero-order valence-corrected chi connectivity index (χ0v) is 10.2. The van der Waals surface area contributed by atoms with Crippen molar-refractivity contribution in [1.82, 2.24) is 5.32 Å². The Morgan fingerprint density at radius 3 is 2.67 bits per heavy atom. The summed E-state index contributed by atoms with van der Waals surface area (Å²) < 4.78 is 0. The van der Waals surface area contributed by atoms with Gasteiger partial charge in [-0.05, 0) is 30.9 Å². The summed E-state index contributed by atoms with van der Waals surface area (Å²) in [6.07, 6.45) is 5.36. The maximum Gasteiger partial charge on any atom is 0.248 e. The van der Waals surface area contributed by atoms with Crippen LogP contribution in [0.15, 0.2) is 24.3 Å². The van der Waals surface area contributed by atoms with Crippen LogP contribution in [0.1, 0.15) is 41.6 Å². The molecule has 1 aromatic rings. The molecule has 2 rings (SSSR count). The number of carbonyl (C=O) groups is 2. The van der Waals surface area contributed by atoms with Crippen molar-refractivity contribution in [2.75, 3.05) is 0 Å². The van der Waals surface area contributed by atoms with E-state index in [2.05, 4.69) is 5.32 Å². The monoisotopic (exact) mass is 245 g/mol. The Labute approximate surface area is 107 Å². The van der Waals surface area contributed by atoms with E-state index in [-0.39, 0.29) is 12.3 Å². The lowest BCUT2D eigenvalue weighted by molar-refractivity contribution is -0.121. The van der Waals surface area contributed by atoms with Gasteiger partial charge in [-0.3, -0.25) is 9.59 Å². The van der Waals surface area contributed by atoms with E-state index in [0.717, 1.165) is 12.8 Å². The van der Waals surface area contributed by atoms with E-state index in [9.17, 15) is 9.59 Å². The van der Waals surface area contributed by atoms with E-state index >= 15 is 0 Å². The van der Waals surface area contributed by atoms with Gasteiger partial charge in [-0.15, -0.1) is 0 Å². The molecule has 1 radical (unpaired) electrons. The second-order valence-electron chi connectivity index (χ2n) is 4.56. The highest BCUT2D eigenvalue weighted by Gasteiger charge is 2.19. The van der Waals surface area contributed by atoms with E-state index < -0.39 is 5.91 Å². The standard InChI is InChI=1S/C14H17N2O2/c15-14(18)12-7-2-1-4-10(12)8-9-13(17)16-11-5-3-6-11/h1-2,4,7-8,11H,3,5-6,9H2,(H2,15,18)(H,16,17). The quantitative estimate of drug-likeness (QED) is 0.823. The summed E-state index contributed by atoms with van der Waals surface area (Å²) in [6.45, 7) is 0. The van der Waals surface area contributed by atoms with Crippen LogP contribution >= 0.6 is 0 Å². The first-order valence-electron chi connectivity index (χ1n) is 6.18. The molecule has 1 saturated carbocycles. The predicted molar refractivity (Wildman–Crippen MR) is 68.8 cm³/mol. The van der Waals surface area contributed by atoms with Crippen molar-refractivity contribution in [3.05, 3.63) is 41.8 Å². The molecule has 95 valence electrons. The Bertz CT molecular complexity index is 453. The van der Waals surface area contributed by atoms with E-state index in [0.29, 0.717) is 17.2 Å². The number of amides is 2. The summed E-state index contributed by atoms with van der Waals surface area (Å²) in [7, 11) is 0. The van der Waals surface area contributed by atoms with Crippen molar-refractivity contribution >= 4 is 11.8 Å². The third-order valence-electron chi connectivity index (χ3n) is 3.20. The molecule has 3 N–H and O–H groups in total. The van der Waals surface area contributed by atoms with Crippen molar-refractivity contribution < 1.29 is 9.59 Å². The third kappa shape index (κ3) is 3.09. The molecule has 4 heteroatoms. The fourth-order valence-corrected chi connectivity index (χ4v) is 1.94. The fourth-order valence-electron chi connectivity index (χ4n) is 1.94. The van der Waals surface area contributed by atoms with Gasteiger partial charge in [-0.2, -0.15) is 0 Å². The van der Waals surface area contributed by atoms with Gasteiger partial charge in [-0.1, -0.05) is 18.2 Å². The van der Waals surface area contributed by atoms with Crippen molar-refractivity contribution in [2.24, 2.45) is 5.73 Å². The van der Waals surface area contributed by atoms with Crippen LogP contribution in [-0.2, 0) is 4.79 Å². The molecule has 18 heavy (non-hydrogen) atoms. The number of rotatable bonds is 5. The van der Waals surface area contributed by atoms with Crippen LogP contribution in [0.25, 0.3) is 0 Å². The van der Waals surface area contributed by atoms with Crippen LogP contribution in [0.4, 0.5) is 0 Å². The molecule has 2 amide bonds. The molecule has 0 bridgehead atoms. The van der Waals surface area contributed by atoms with Crippen LogP contribution in [0, 0.1) is 6.42 Å². The average Bonchev–Trinajstić information content (AvgIpc) is 2.31. The summed E-state index contributed by atoms with van der Waals surface area (Å²) in [5.74, 6) is -0.472. The second kappa shape index (κ2) is 5.67. The van der Waals surface area contributed by atoms with E-state index in [1.165, 1.54) is 6.42 Å². The van der Waals surface area contributed by atoms with Gasteiger partial charge in [0.2, 0.25) is 11.8 Å². The third-order valence-corrected chi connectivity index (χ3v) is 3.20. The van der Waals surface area contributed by atoms with Gasteiger partial charge in [0.25, 0.3) is 0 Å². The zero-order chi connectivity index (χ0) is 13.0. The lowest BCUT2D eigenvalue weighted by Crippen LogP contribution is -2.39. The highest BCUT2D eigenvalue weighted by molar-refractivity contribution is 5.95. The van der Waals surface area contributed by atoms with Crippen LogP contribution in [-0.4, -0.2) is 17.9 Å². The maximum absolute atomic E-state index is 11.6. The summed E-state index contributed by atoms with van der Waals surface area (Å²) in [4.78, 5) is 22.8. The topological polar surface area (TPSA) is 72.2 Å². The van der Waals surface area contributed by atoms with Crippen molar-refractivity contribution in [2.45, 2.75) is 31.7 Å². The molecular weight excluding hydrogens is 228 g/mol. The largest absolute Gasteiger partial charge is 0.366 e. The van der Waals surface area contributed by atoms with Gasteiger partial charge < -0.3 is 11.1 Å². The van der Waals surface area contributed by atoms with Crippen LogP contribution in [0.3, 0.4) is 0 Å². The number of benzene rings is 1. The molecule has 0 spiro atoms. The molecule has 0 atom stereocenters. The number of hydrogen-bond acceptors (Lipinski definition) is 2. The molecule has 0 heterocycles. The van der Waals surface area contributed by atoms with Gasteiger partial charge in [0, 0.05) is 24.4 Å². The number of hydrogen-bond donors (Lipinski definition) is 2. The summed E-state index contributed by atoms with van der Waals surface area (Å²) in [5, 5.41) is 2.95. The lowest BCUT2D eigenvalue weighted by Gasteiger charge is -2.26. The van der Waals surface area contributed by atoms with Crippen molar-refractivity contribution in [3.8, 4) is 0 Å². The summed E-state index contributed by atoms with van der Waals surface area (Å²) in [6, 6.07) is 7.38. The molecule has 4 nitrogen and oxygen atoms in total. The molecular formula is C14H17N2O2. The normalized spacial score (nSPS) is 14.9. The zero-order valence-electron chi connectivity index (χ0n) is 10.2. The number of primary amides is 1. The highest BCUT2D eigenvalue weighted by Crippen LogP contribution is 2.18. The Morgan fingerprint density at radius 2 is 2.06 bits per heavy atom. The average molecular weight is 245 g/mol. The van der Waals surface area contributed by atoms with Gasteiger partial charge in [0.1, 0.15) is 0 Å². The fraction of sp³-hybridized carbons (Fsp3) is 0.357. The smallest absolute Gasteiger partial charge is 0.248 e. The van der Waals surface area contributed by atoms with E-state index in [1.54, 1.807) is 24.6 Å². The summed E-state index contributed by atoms with van der Waals surface area (Å²) >= 11 is 0. The number of nitrogens with one attached hydrogen (secondary N) is 1. The second-order valence-corrected chi connectivity index (χ2v) is 4.56. The molecule has 1 aliphatic carbocycles. The number of nitrogens with two attached hydrogens (primary N) is 1. The Morgan fingerprint density at radius 1 is 1.33 bits per heavy atom. The molecule has 0 aromatic heterocycles. The Kier molecular flexibility index (Phi) is 3.97.